The Morgan fingerprint density at radius 1 is 1.05 bits per heavy atom. The number of carbonyl (C=O) groups excluding carboxylic acids is 1. The van der Waals surface area contributed by atoms with Gasteiger partial charge in [-0.25, -0.2) is 18.0 Å². The molecule has 0 saturated carbocycles. The van der Waals surface area contributed by atoms with Crippen LogP contribution in [0.1, 0.15) is 28.5 Å². The van der Waals surface area contributed by atoms with E-state index >= 15 is 0 Å². The Bertz CT molecular complexity index is 1650. The minimum Gasteiger partial charge on any atom is -0.478 e. The van der Waals surface area contributed by atoms with Crippen molar-refractivity contribution in [3.05, 3.63) is 93.6 Å². The molecule has 0 unspecified atom stereocenters. The molecule has 1 heterocycles. The molecule has 0 amide bonds. The maximum absolute atomic E-state index is 12.7. The average molecular weight is 559 g/mol. The number of ether oxygens (including phenoxy) is 1. The Hall–Kier alpha value is -3.79. The average Bonchev–Trinajstić information content (AvgIpc) is 3.21. The normalized spacial score (nSPS) is 11.9. The van der Waals surface area contributed by atoms with Crippen molar-refractivity contribution in [3.8, 4) is 0 Å². The fraction of sp³-hybridized carbons (Fsp3) is 0.0769. The predicted molar refractivity (Wildman–Crippen MR) is 143 cm³/mol. The number of carboxylic acid groups (broad SMARTS) is 1. The van der Waals surface area contributed by atoms with Crippen molar-refractivity contribution in [1.82, 2.24) is 4.98 Å². The number of halogens is 2. The van der Waals surface area contributed by atoms with E-state index in [0.29, 0.717) is 15.9 Å². The molecule has 3 aromatic carbocycles. The van der Waals surface area contributed by atoms with Crippen molar-refractivity contribution >= 4 is 73.4 Å². The first-order valence-corrected chi connectivity index (χ1v) is 13.2. The number of carboxylic acids is 1. The summed E-state index contributed by atoms with van der Waals surface area (Å²) in [7, 11) is -3.90. The monoisotopic (exact) mass is 558 g/mol. The van der Waals surface area contributed by atoms with Crippen LogP contribution in [0, 0.1) is 0 Å². The van der Waals surface area contributed by atoms with Crippen molar-refractivity contribution in [2.75, 3.05) is 11.3 Å². The molecule has 4 aromatic rings. The summed E-state index contributed by atoms with van der Waals surface area (Å²) in [6.07, 6.45) is 1.29. The molecule has 3 N–H and O–H groups in total. The van der Waals surface area contributed by atoms with Crippen LogP contribution >= 0.6 is 23.2 Å². The number of hydrogen-bond donors (Lipinski definition) is 3. The first kappa shape index (κ1) is 26.3. The molecule has 0 aliphatic rings. The zero-order valence-electron chi connectivity index (χ0n) is 19.3. The third-order valence-corrected chi connectivity index (χ3v) is 7.24. The minimum absolute atomic E-state index is 0.000650. The lowest BCUT2D eigenvalue weighted by molar-refractivity contribution is -0.130. The Kier molecular flexibility index (Phi) is 7.58. The van der Waals surface area contributed by atoms with Crippen LogP contribution in [-0.4, -0.2) is 37.1 Å². The molecule has 0 spiro atoms. The SMILES string of the molecule is CCOC(=O)c1[nH]c2cc(Cl)cc(Cl)c2c1C=C(C(=O)O)c1cccc(NS(=O)(=O)c2ccccc2)c1. The van der Waals surface area contributed by atoms with Gasteiger partial charge in [0.05, 0.1) is 22.1 Å². The van der Waals surface area contributed by atoms with Crippen LogP contribution in [0.4, 0.5) is 5.69 Å². The summed E-state index contributed by atoms with van der Waals surface area (Å²) in [4.78, 5) is 28.0. The number of anilines is 1. The third-order valence-electron chi connectivity index (χ3n) is 5.33. The van der Waals surface area contributed by atoms with Crippen LogP contribution in [0.5, 0.6) is 0 Å². The number of benzene rings is 3. The van der Waals surface area contributed by atoms with E-state index in [2.05, 4.69) is 9.71 Å². The number of aromatic nitrogens is 1. The molecule has 0 atom stereocenters. The van der Waals surface area contributed by atoms with Crippen LogP contribution in [0.15, 0.2) is 71.6 Å². The summed E-state index contributed by atoms with van der Waals surface area (Å²) in [5.74, 6) is -2.01. The van der Waals surface area contributed by atoms with Crippen LogP contribution < -0.4 is 4.72 Å². The van der Waals surface area contributed by atoms with Crippen LogP contribution in [0.2, 0.25) is 10.0 Å². The molecule has 0 fully saturated rings. The van der Waals surface area contributed by atoms with Crippen molar-refractivity contribution in [2.24, 2.45) is 0 Å². The van der Waals surface area contributed by atoms with Crippen LogP contribution in [-0.2, 0) is 19.6 Å². The fourth-order valence-corrected chi connectivity index (χ4v) is 5.42. The van der Waals surface area contributed by atoms with E-state index in [4.69, 9.17) is 27.9 Å². The fourth-order valence-electron chi connectivity index (χ4n) is 3.76. The van der Waals surface area contributed by atoms with Gasteiger partial charge in [0.15, 0.2) is 0 Å². The summed E-state index contributed by atoms with van der Waals surface area (Å²) in [5, 5.41) is 11.0. The van der Waals surface area contributed by atoms with Crippen molar-refractivity contribution in [2.45, 2.75) is 11.8 Å². The molecule has 37 heavy (non-hydrogen) atoms. The second-order valence-electron chi connectivity index (χ2n) is 7.81. The first-order chi connectivity index (χ1) is 17.6. The summed E-state index contributed by atoms with van der Waals surface area (Å²) in [5.41, 5.74) is 0.750. The number of nitrogens with one attached hydrogen (secondary N) is 2. The van der Waals surface area contributed by atoms with Gasteiger partial charge < -0.3 is 14.8 Å². The van der Waals surface area contributed by atoms with Crippen LogP contribution in [0.3, 0.4) is 0 Å². The van der Waals surface area contributed by atoms with Crippen molar-refractivity contribution in [3.63, 3.8) is 0 Å². The lowest BCUT2D eigenvalue weighted by atomic mass is 10.0. The summed E-state index contributed by atoms with van der Waals surface area (Å²) in [6.45, 7) is 1.74. The number of esters is 1. The maximum atomic E-state index is 12.7. The van der Waals surface area contributed by atoms with Gasteiger partial charge in [-0.3, -0.25) is 4.72 Å². The number of aromatic amines is 1. The third kappa shape index (κ3) is 5.64. The highest BCUT2D eigenvalue weighted by atomic mass is 35.5. The zero-order valence-corrected chi connectivity index (χ0v) is 21.6. The van der Waals surface area contributed by atoms with Gasteiger partial charge in [-0.05, 0) is 55.0 Å². The van der Waals surface area contributed by atoms with Gasteiger partial charge in [0.2, 0.25) is 0 Å². The Labute approximate surface area is 222 Å². The second kappa shape index (κ2) is 10.7. The minimum atomic E-state index is -3.90. The van der Waals surface area contributed by atoms with Crippen molar-refractivity contribution < 1.29 is 27.9 Å². The van der Waals surface area contributed by atoms with Gasteiger partial charge >= 0.3 is 11.9 Å². The number of rotatable bonds is 8. The summed E-state index contributed by atoms with van der Waals surface area (Å²) >= 11 is 12.5. The predicted octanol–water partition coefficient (Wildman–Crippen LogP) is 6.08. The summed E-state index contributed by atoms with van der Waals surface area (Å²) < 4.78 is 33.1. The zero-order chi connectivity index (χ0) is 26.7. The Morgan fingerprint density at radius 3 is 2.46 bits per heavy atom. The molecule has 11 heteroatoms. The van der Waals surface area contributed by atoms with E-state index in [9.17, 15) is 23.1 Å². The van der Waals surface area contributed by atoms with Gasteiger partial charge in [-0.2, -0.15) is 0 Å². The Morgan fingerprint density at radius 2 is 1.78 bits per heavy atom. The molecule has 4 rings (SSSR count). The van der Waals surface area contributed by atoms with Gasteiger partial charge in [0.1, 0.15) is 5.69 Å². The number of hydrogen-bond acceptors (Lipinski definition) is 5. The van der Waals surface area contributed by atoms with Gasteiger partial charge in [-0.15, -0.1) is 0 Å². The van der Waals surface area contributed by atoms with Gasteiger partial charge in [-0.1, -0.05) is 53.5 Å². The maximum Gasteiger partial charge on any atom is 0.355 e. The smallest absolute Gasteiger partial charge is 0.355 e. The van der Waals surface area contributed by atoms with E-state index in [1.807, 2.05) is 0 Å². The molecule has 0 bridgehead atoms. The van der Waals surface area contributed by atoms with E-state index in [1.165, 1.54) is 48.5 Å². The van der Waals surface area contributed by atoms with Crippen LogP contribution in [0.25, 0.3) is 22.6 Å². The summed E-state index contributed by atoms with van der Waals surface area (Å²) in [6, 6.07) is 16.7. The Balaban J connectivity index is 1.84. The molecule has 0 aliphatic carbocycles. The number of sulfonamides is 1. The molecule has 1 aromatic heterocycles. The lowest BCUT2D eigenvalue weighted by Gasteiger charge is -2.10. The molecule has 0 radical (unpaired) electrons. The van der Waals surface area contributed by atoms with E-state index in [-0.39, 0.29) is 44.6 Å². The van der Waals surface area contributed by atoms with E-state index < -0.39 is 22.0 Å². The molecule has 0 saturated heterocycles. The lowest BCUT2D eigenvalue weighted by Crippen LogP contribution is -2.13. The quantitative estimate of drug-likeness (QED) is 0.178. The number of carbonyl (C=O) groups is 2. The van der Waals surface area contributed by atoms with Crippen molar-refractivity contribution in [1.29, 1.82) is 0 Å². The second-order valence-corrected chi connectivity index (χ2v) is 10.3. The number of fused-ring (bicyclic) bond motifs is 1. The highest BCUT2D eigenvalue weighted by molar-refractivity contribution is 7.92. The number of H-pyrrole nitrogens is 1. The number of aliphatic carboxylic acids is 1. The highest BCUT2D eigenvalue weighted by Crippen LogP contribution is 2.35. The van der Waals surface area contributed by atoms with Gasteiger partial charge in [0.25, 0.3) is 10.0 Å². The van der Waals surface area contributed by atoms with E-state index in [1.54, 1.807) is 31.2 Å². The topological polar surface area (TPSA) is 126 Å². The largest absolute Gasteiger partial charge is 0.478 e. The first-order valence-electron chi connectivity index (χ1n) is 10.9. The molecule has 190 valence electrons. The highest BCUT2D eigenvalue weighted by Gasteiger charge is 2.23. The molecular formula is C26H20Cl2N2O6S. The van der Waals surface area contributed by atoms with Gasteiger partial charge in [0, 0.05) is 27.2 Å². The van der Waals surface area contributed by atoms with E-state index in [0.717, 1.165) is 0 Å². The standard InChI is InChI=1S/C26H20Cl2N2O6S/c1-2-36-26(33)24-20(23-21(28)12-16(27)13-22(23)29-24)14-19(25(31)32)15-7-6-8-17(11-15)30-37(34,35)18-9-4-3-5-10-18/h3-14,29-30H,2H2,1H3,(H,31,32). The molecular weight excluding hydrogens is 539 g/mol. The molecule has 8 nitrogen and oxygen atoms in total. The molecule has 0 aliphatic heterocycles.